The molecule has 7 heteroatoms. The Morgan fingerprint density at radius 1 is 1.43 bits per heavy atom. The van der Waals surface area contributed by atoms with Gasteiger partial charge in [-0.3, -0.25) is 9.89 Å². The third-order valence-corrected chi connectivity index (χ3v) is 4.07. The third-order valence-electron chi connectivity index (χ3n) is 3.36. The average Bonchev–Trinajstić information content (AvgIpc) is 3.24. The summed E-state index contributed by atoms with van der Waals surface area (Å²) < 4.78 is 0. The summed E-state index contributed by atoms with van der Waals surface area (Å²) in [5, 5.41) is 23.4. The minimum atomic E-state index is -0.705. The van der Waals surface area contributed by atoms with Gasteiger partial charge in [0.15, 0.2) is 5.82 Å². The van der Waals surface area contributed by atoms with Crippen molar-refractivity contribution in [1.29, 1.82) is 0 Å². The second-order valence-corrected chi connectivity index (χ2v) is 5.89. The fourth-order valence-corrected chi connectivity index (χ4v) is 2.85. The summed E-state index contributed by atoms with van der Waals surface area (Å²) in [7, 11) is 0. The van der Waals surface area contributed by atoms with Gasteiger partial charge in [0, 0.05) is 17.7 Å². The molecule has 3 aromatic rings. The molecule has 1 unspecified atom stereocenters. The molecule has 3 N–H and O–H groups in total. The second-order valence-electron chi connectivity index (χ2n) is 5.11. The molecule has 3 rings (SSSR count). The van der Waals surface area contributed by atoms with Gasteiger partial charge in [0.05, 0.1) is 6.10 Å². The maximum absolute atomic E-state index is 12.2. The summed E-state index contributed by atoms with van der Waals surface area (Å²) in [4.78, 5) is 16.5. The molecule has 0 spiro atoms. The third kappa shape index (κ3) is 3.64. The van der Waals surface area contributed by atoms with Crippen molar-refractivity contribution in [3.8, 4) is 11.4 Å². The first-order chi connectivity index (χ1) is 11.1. The number of hydrogen-bond donors (Lipinski definition) is 3. The van der Waals surface area contributed by atoms with Crippen molar-refractivity contribution in [2.24, 2.45) is 0 Å². The normalized spacial score (nSPS) is 12.1. The molecule has 6 nitrogen and oxygen atoms in total. The smallest absolute Gasteiger partial charge is 0.251 e. The zero-order valence-corrected chi connectivity index (χ0v) is 13.3. The predicted octanol–water partition coefficient (Wildman–Crippen LogP) is 2.31. The number of carbonyl (C=O) groups excluding carboxylic acids is 1. The monoisotopic (exact) mass is 328 g/mol. The Labute approximate surface area is 137 Å². The lowest BCUT2D eigenvalue weighted by Gasteiger charge is -2.11. The van der Waals surface area contributed by atoms with E-state index in [0.717, 1.165) is 11.1 Å². The molecule has 118 valence electrons. The zero-order valence-electron chi connectivity index (χ0n) is 12.5. The van der Waals surface area contributed by atoms with Crippen LogP contribution in [0.4, 0.5) is 0 Å². The largest absolute Gasteiger partial charge is 0.387 e. The number of aromatic nitrogens is 3. The van der Waals surface area contributed by atoms with Crippen LogP contribution in [0.1, 0.15) is 27.8 Å². The van der Waals surface area contributed by atoms with Crippen LogP contribution in [0.5, 0.6) is 0 Å². The van der Waals surface area contributed by atoms with E-state index in [2.05, 4.69) is 20.5 Å². The Morgan fingerprint density at radius 2 is 2.30 bits per heavy atom. The maximum Gasteiger partial charge on any atom is 0.251 e. The van der Waals surface area contributed by atoms with E-state index in [0.29, 0.717) is 17.2 Å². The molecule has 1 aromatic carbocycles. The van der Waals surface area contributed by atoms with Gasteiger partial charge >= 0.3 is 0 Å². The van der Waals surface area contributed by atoms with Gasteiger partial charge in [0.2, 0.25) is 0 Å². The van der Waals surface area contributed by atoms with E-state index in [9.17, 15) is 9.90 Å². The van der Waals surface area contributed by atoms with E-state index in [1.165, 1.54) is 11.3 Å². The quantitative estimate of drug-likeness (QED) is 0.670. The maximum atomic E-state index is 12.2. The minimum Gasteiger partial charge on any atom is -0.387 e. The van der Waals surface area contributed by atoms with E-state index in [4.69, 9.17) is 0 Å². The number of aryl methyl sites for hydroxylation is 1. The van der Waals surface area contributed by atoms with Crippen molar-refractivity contribution in [1.82, 2.24) is 20.5 Å². The van der Waals surface area contributed by atoms with Crippen molar-refractivity contribution < 1.29 is 9.90 Å². The van der Waals surface area contributed by atoms with Crippen LogP contribution in [0.15, 0.2) is 41.1 Å². The summed E-state index contributed by atoms with van der Waals surface area (Å²) >= 11 is 1.51. The molecule has 23 heavy (non-hydrogen) atoms. The SMILES string of the molecule is Cc1nc(-c2cccc(C(=O)NCC(O)c3ccsc3)c2)n[nH]1. The van der Waals surface area contributed by atoms with Crippen LogP contribution >= 0.6 is 11.3 Å². The van der Waals surface area contributed by atoms with Crippen LogP contribution in [-0.4, -0.2) is 32.7 Å². The first-order valence-corrected chi connectivity index (χ1v) is 8.05. The average molecular weight is 328 g/mol. The van der Waals surface area contributed by atoms with Crippen LogP contribution in [0, 0.1) is 6.92 Å². The molecule has 1 atom stereocenters. The number of carbonyl (C=O) groups is 1. The molecule has 0 aliphatic heterocycles. The molecule has 0 bridgehead atoms. The highest BCUT2D eigenvalue weighted by molar-refractivity contribution is 7.07. The number of rotatable bonds is 5. The standard InChI is InChI=1S/C16H16N4O2S/c1-10-18-15(20-19-10)11-3-2-4-12(7-11)16(22)17-8-14(21)13-5-6-23-9-13/h2-7,9,14,21H,8H2,1H3,(H,17,22)(H,18,19,20). The zero-order chi connectivity index (χ0) is 16.2. The Morgan fingerprint density at radius 3 is 3.00 bits per heavy atom. The highest BCUT2D eigenvalue weighted by Gasteiger charge is 2.12. The van der Waals surface area contributed by atoms with E-state index >= 15 is 0 Å². The van der Waals surface area contributed by atoms with Gasteiger partial charge in [-0.15, -0.1) is 0 Å². The Bertz CT molecular complexity index is 798. The van der Waals surface area contributed by atoms with Gasteiger partial charge in [0.25, 0.3) is 5.91 Å². The number of aliphatic hydroxyl groups excluding tert-OH is 1. The van der Waals surface area contributed by atoms with Gasteiger partial charge in [-0.2, -0.15) is 16.4 Å². The number of nitrogens with zero attached hydrogens (tertiary/aromatic N) is 2. The van der Waals surface area contributed by atoms with Crippen LogP contribution in [0.3, 0.4) is 0 Å². The minimum absolute atomic E-state index is 0.166. The van der Waals surface area contributed by atoms with Gasteiger partial charge in [-0.25, -0.2) is 4.98 Å². The topological polar surface area (TPSA) is 90.9 Å². The molecule has 1 amide bonds. The predicted molar refractivity (Wildman–Crippen MR) is 88.2 cm³/mol. The molecule has 0 fully saturated rings. The molecule has 0 saturated carbocycles. The summed E-state index contributed by atoms with van der Waals surface area (Å²) in [6.45, 7) is 1.98. The van der Waals surface area contributed by atoms with Gasteiger partial charge in [-0.1, -0.05) is 12.1 Å². The van der Waals surface area contributed by atoms with Crippen LogP contribution in [0.2, 0.25) is 0 Å². The summed E-state index contributed by atoms with van der Waals surface area (Å²) in [5.41, 5.74) is 2.07. The molecular weight excluding hydrogens is 312 g/mol. The molecule has 2 aromatic heterocycles. The molecule has 0 aliphatic carbocycles. The highest BCUT2D eigenvalue weighted by atomic mass is 32.1. The highest BCUT2D eigenvalue weighted by Crippen LogP contribution is 2.17. The van der Waals surface area contributed by atoms with E-state index in [1.54, 1.807) is 18.2 Å². The molecule has 2 heterocycles. The van der Waals surface area contributed by atoms with Crippen LogP contribution < -0.4 is 5.32 Å². The number of aromatic amines is 1. The van der Waals surface area contributed by atoms with E-state index < -0.39 is 6.10 Å². The number of hydrogen-bond acceptors (Lipinski definition) is 5. The molecule has 0 saturated heterocycles. The van der Waals surface area contributed by atoms with Crippen molar-refractivity contribution >= 4 is 17.2 Å². The van der Waals surface area contributed by atoms with Gasteiger partial charge in [-0.05, 0) is 41.4 Å². The number of aliphatic hydroxyl groups is 1. The van der Waals surface area contributed by atoms with Crippen molar-refractivity contribution in [2.45, 2.75) is 13.0 Å². The molecule has 0 radical (unpaired) electrons. The molecule has 0 aliphatic rings. The number of nitrogens with one attached hydrogen (secondary N) is 2. The summed E-state index contributed by atoms with van der Waals surface area (Å²) in [6.07, 6.45) is -0.705. The summed E-state index contributed by atoms with van der Waals surface area (Å²) in [6, 6.07) is 8.92. The van der Waals surface area contributed by atoms with Crippen molar-refractivity contribution in [2.75, 3.05) is 6.54 Å². The van der Waals surface area contributed by atoms with Gasteiger partial charge in [0.1, 0.15) is 5.82 Å². The van der Waals surface area contributed by atoms with Crippen LogP contribution in [-0.2, 0) is 0 Å². The number of amides is 1. The lowest BCUT2D eigenvalue weighted by Crippen LogP contribution is -2.28. The van der Waals surface area contributed by atoms with E-state index in [1.807, 2.05) is 29.8 Å². The van der Waals surface area contributed by atoms with Crippen molar-refractivity contribution in [3.05, 3.63) is 58.0 Å². The summed E-state index contributed by atoms with van der Waals surface area (Å²) in [5.74, 6) is 1.03. The van der Waals surface area contributed by atoms with Crippen LogP contribution in [0.25, 0.3) is 11.4 Å². The number of benzene rings is 1. The molecular formula is C16H16N4O2S. The fraction of sp³-hybridized carbons (Fsp3) is 0.188. The fourth-order valence-electron chi connectivity index (χ4n) is 2.15. The van der Waals surface area contributed by atoms with Gasteiger partial charge < -0.3 is 10.4 Å². The number of H-pyrrole nitrogens is 1. The lowest BCUT2D eigenvalue weighted by atomic mass is 10.1. The Balaban J connectivity index is 1.68. The van der Waals surface area contributed by atoms with E-state index in [-0.39, 0.29) is 12.5 Å². The first-order valence-electron chi connectivity index (χ1n) is 7.11. The Hall–Kier alpha value is -2.51. The first kappa shape index (κ1) is 15.4. The Kier molecular flexibility index (Phi) is 4.50. The van der Waals surface area contributed by atoms with Crippen molar-refractivity contribution in [3.63, 3.8) is 0 Å². The lowest BCUT2D eigenvalue weighted by molar-refractivity contribution is 0.0916. The second kappa shape index (κ2) is 6.72. The number of thiophene rings is 1.